The van der Waals surface area contributed by atoms with Gasteiger partial charge in [0.1, 0.15) is 11.3 Å². The van der Waals surface area contributed by atoms with E-state index in [4.69, 9.17) is 16.3 Å². The number of halogens is 2. The van der Waals surface area contributed by atoms with E-state index in [0.29, 0.717) is 10.6 Å². The van der Waals surface area contributed by atoms with E-state index in [1.807, 2.05) is 0 Å². The van der Waals surface area contributed by atoms with Crippen molar-refractivity contribution in [1.82, 2.24) is 0 Å². The van der Waals surface area contributed by atoms with Crippen LogP contribution in [0, 0.1) is 15.9 Å². The first-order chi connectivity index (χ1) is 11.3. The van der Waals surface area contributed by atoms with E-state index in [-0.39, 0.29) is 18.0 Å². The second-order valence-electron chi connectivity index (χ2n) is 5.37. The number of nitro benzene ring substituents is 1. The van der Waals surface area contributed by atoms with Crippen LogP contribution >= 0.6 is 11.6 Å². The van der Waals surface area contributed by atoms with Crippen LogP contribution in [0.1, 0.15) is 12.5 Å². The standard InChI is InChI=1S/C16H16ClFN2O4/c1-16(21,10-5-3-4-6-11(10)17)9-19-13-8-15(24-2)12(18)7-14(13)20(22)23/h3-8,19,21H,9H2,1-2H3. The number of ether oxygens (including phenoxy) is 1. The number of rotatable bonds is 6. The Hall–Kier alpha value is -2.38. The van der Waals surface area contributed by atoms with E-state index in [1.165, 1.54) is 20.1 Å². The first-order valence-corrected chi connectivity index (χ1v) is 7.37. The minimum absolute atomic E-state index is 0.0329. The molecule has 0 aliphatic carbocycles. The fourth-order valence-corrected chi connectivity index (χ4v) is 2.59. The number of nitro groups is 1. The Kier molecular flexibility index (Phi) is 5.26. The lowest BCUT2D eigenvalue weighted by Crippen LogP contribution is -2.31. The minimum Gasteiger partial charge on any atom is -0.494 e. The number of benzene rings is 2. The van der Waals surface area contributed by atoms with Gasteiger partial charge < -0.3 is 15.2 Å². The normalized spacial score (nSPS) is 13.2. The van der Waals surface area contributed by atoms with Gasteiger partial charge in [-0.1, -0.05) is 29.8 Å². The molecule has 0 saturated heterocycles. The monoisotopic (exact) mass is 354 g/mol. The van der Waals surface area contributed by atoms with Crippen LogP contribution in [0.25, 0.3) is 0 Å². The highest BCUT2D eigenvalue weighted by molar-refractivity contribution is 6.31. The molecule has 0 heterocycles. The molecule has 1 atom stereocenters. The molecule has 0 amide bonds. The topological polar surface area (TPSA) is 84.6 Å². The smallest absolute Gasteiger partial charge is 0.295 e. The van der Waals surface area contributed by atoms with Crippen LogP contribution in [-0.4, -0.2) is 23.7 Å². The summed E-state index contributed by atoms with van der Waals surface area (Å²) in [5.41, 5.74) is -1.35. The van der Waals surface area contributed by atoms with E-state index < -0.39 is 22.0 Å². The molecule has 128 valence electrons. The van der Waals surface area contributed by atoms with Crippen LogP contribution < -0.4 is 10.1 Å². The molecule has 0 radical (unpaired) electrons. The Morgan fingerprint density at radius 1 is 1.42 bits per heavy atom. The first kappa shape index (κ1) is 18.0. The van der Waals surface area contributed by atoms with Gasteiger partial charge in [-0.05, 0) is 13.0 Å². The molecule has 0 saturated carbocycles. The summed E-state index contributed by atoms with van der Waals surface area (Å²) in [7, 11) is 1.26. The molecule has 0 bridgehead atoms. The number of aliphatic hydroxyl groups is 1. The molecule has 0 spiro atoms. The summed E-state index contributed by atoms with van der Waals surface area (Å²) in [4.78, 5) is 10.4. The Morgan fingerprint density at radius 3 is 2.67 bits per heavy atom. The van der Waals surface area contributed by atoms with E-state index in [9.17, 15) is 19.6 Å². The maximum Gasteiger partial charge on any atom is 0.295 e. The molecule has 0 aromatic heterocycles. The molecule has 24 heavy (non-hydrogen) atoms. The Labute approximate surface area is 143 Å². The summed E-state index contributed by atoms with van der Waals surface area (Å²) in [6.07, 6.45) is 0. The van der Waals surface area contributed by atoms with Crippen LogP contribution in [0.4, 0.5) is 15.8 Å². The summed E-state index contributed by atoms with van der Waals surface area (Å²) < 4.78 is 18.5. The Bertz CT molecular complexity index is 768. The van der Waals surface area contributed by atoms with Gasteiger partial charge >= 0.3 is 0 Å². The lowest BCUT2D eigenvalue weighted by atomic mass is 9.96. The Balaban J connectivity index is 2.31. The molecule has 2 rings (SSSR count). The number of hydrogen-bond acceptors (Lipinski definition) is 5. The number of hydrogen-bond donors (Lipinski definition) is 2. The van der Waals surface area contributed by atoms with Crippen molar-refractivity contribution in [1.29, 1.82) is 0 Å². The molecule has 1 unspecified atom stereocenters. The van der Waals surface area contributed by atoms with Gasteiger partial charge in [0.15, 0.2) is 11.6 Å². The van der Waals surface area contributed by atoms with Crippen molar-refractivity contribution in [2.75, 3.05) is 19.0 Å². The molecule has 2 aromatic rings. The number of anilines is 1. The molecule has 8 heteroatoms. The van der Waals surface area contributed by atoms with Crippen molar-refractivity contribution in [2.45, 2.75) is 12.5 Å². The quantitative estimate of drug-likeness (QED) is 0.610. The van der Waals surface area contributed by atoms with Gasteiger partial charge in [-0.3, -0.25) is 10.1 Å². The van der Waals surface area contributed by atoms with Crippen molar-refractivity contribution >= 4 is 23.0 Å². The number of nitrogens with zero attached hydrogens (tertiary/aromatic N) is 1. The van der Waals surface area contributed by atoms with Gasteiger partial charge in [0.05, 0.1) is 18.1 Å². The highest BCUT2D eigenvalue weighted by Gasteiger charge is 2.27. The Morgan fingerprint density at radius 2 is 2.08 bits per heavy atom. The number of nitrogens with one attached hydrogen (secondary N) is 1. The number of methoxy groups -OCH3 is 1. The minimum atomic E-state index is -1.40. The van der Waals surface area contributed by atoms with E-state index in [1.54, 1.807) is 24.3 Å². The average Bonchev–Trinajstić information content (AvgIpc) is 2.53. The zero-order valence-electron chi connectivity index (χ0n) is 13.0. The second-order valence-corrected chi connectivity index (χ2v) is 5.78. The van der Waals surface area contributed by atoms with E-state index in [2.05, 4.69) is 5.32 Å². The molecule has 2 N–H and O–H groups in total. The van der Waals surface area contributed by atoms with Gasteiger partial charge in [-0.15, -0.1) is 0 Å². The van der Waals surface area contributed by atoms with E-state index >= 15 is 0 Å². The fraction of sp³-hybridized carbons (Fsp3) is 0.250. The maximum atomic E-state index is 13.7. The predicted molar refractivity (Wildman–Crippen MR) is 89.1 cm³/mol. The lowest BCUT2D eigenvalue weighted by Gasteiger charge is -2.25. The van der Waals surface area contributed by atoms with E-state index in [0.717, 1.165) is 6.07 Å². The zero-order valence-corrected chi connectivity index (χ0v) is 13.8. The van der Waals surface area contributed by atoms with Gasteiger partial charge in [0, 0.05) is 23.2 Å². The summed E-state index contributed by atoms with van der Waals surface area (Å²) in [5.74, 6) is -0.979. The summed E-state index contributed by atoms with van der Waals surface area (Å²) in [5, 5.41) is 24.8. The maximum absolute atomic E-state index is 13.7. The van der Waals surface area contributed by atoms with Crippen molar-refractivity contribution in [2.24, 2.45) is 0 Å². The third kappa shape index (κ3) is 3.74. The van der Waals surface area contributed by atoms with Crippen molar-refractivity contribution in [3.63, 3.8) is 0 Å². The second kappa shape index (κ2) is 7.02. The SMILES string of the molecule is COc1cc(NCC(C)(O)c2ccccc2Cl)c([N+](=O)[O-])cc1F. The van der Waals surface area contributed by atoms with Gasteiger partial charge in [-0.25, -0.2) is 4.39 Å². The largest absolute Gasteiger partial charge is 0.494 e. The van der Waals surface area contributed by atoms with Gasteiger partial charge in [0.25, 0.3) is 5.69 Å². The summed E-state index contributed by atoms with van der Waals surface area (Å²) in [6, 6.07) is 8.68. The molecular weight excluding hydrogens is 339 g/mol. The van der Waals surface area contributed by atoms with Crippen LogP contribution in [0.15, 0.2) is 36.4 Å². The van der Waals surface area contributed by atoms with Crippen LogP contribution in [-0.2, 0) is 5.60 Å². The van der Waals surface area contributed by atoms with Gasteiger partial charge in [0.2, 0.25) is 0 Å². The van der Waals surface area contributed by atoms with Crippen molar-refractivity contribution in [3.05, 3.63) is 62.9 Å². The van der Waals surface area contributed by atoms with Crippen molar-refractivity contribution < 1.29 is 19.2 Å². The zero-order chi connectivity index (χ0) is 17.9. The molecule has 0 fully saturated rings. The highest BCUT2D eigenvalue weighted by atomic mass is 35.5. The highest BCUT2D eigenvalue weighted by Crippen LogP contribution is 2.33. The first-order valence-electron chi connectivity index (χ1n) is 6.99. The van der Waals surface area contributed by atoms with Crippen LogP contribution in [0.3, 0.4) is 0 Å². The van der Waals surface area contributed by atoms with Crippen LogP contribution in [0.5, 0.6) is 5.75 Å². The summed E-state index contributed by atoms with van der Waals surface area (Å²) in [6.45, 7) is 1.44. The molecule has 6 nitrogen and oxygen atoms in total. The third-order valence-corrected chi connectivity index (χ3v) is 3.87. The molecular formula is C16H16ClFN2O4. The summed E-state index contributed by atoms with van der Waals surface area (Å²) >= 11 is 6.08. The predicted octanol–water partition coefficient (Wildman–Crippen LogP) is 3.72. The van der Waals surface area contributed by atoms with Gasteiger partial charge in [-0.2, -0.15) is 0 Å². The van der Waals surface area contributed by atoms with Crippen molar-refractivity contribution in [3.8, 4) is 5.75 Å². The fourth-order valence-electron chi connectivity index (χ4n) is 2.25. The molecule has 0 aliphatic heterocycles. The lowest BCUT2D eigenvalue weighted by molar-refractivity contribution is -0.384. The molecule has 2 aromatic carbocycles. The molecule has 0 aliphatic rings. The van der Waals surface area contributed by atoms with Crippen LogP contribution in [0.2, 0.25) is 5.02 Å². The third-order valence-electron chi connectivity index (χ3n) is 3.54. The average molecular weight is 355 g/mol.